The van der Waals surface area contributed by atoms with Gasteiger partial charge in [0.25, 0.3) is 0 Å². The molecule has 1 N–H and O–H groups in total. The Morgan fingerprint density at radius 2 is 1.48 bits per heavy atom. The summed E-state index contributed by atoms with van der Waals surface area (Å²) in [5.41, 5.74) is 1.56. The molecule has 1 fully saturated rings. The molecule has 0 spiro atoms. The van der Waals surface area contributed by atoms with Crippen molar-refractivity contribution in [1.82, 2.24) is 4.90 Å². The zero-order chi connectivity index (χ0) is 20.8. The largest absolute Gasteiger partial charge is 0.392 e. The van der Waals surface area contributed by atoms with Gasteiger partial charge < -0.3 is 10.0 Å². The molecule has 1 aliphatic rings. The number of hydrogen-bond donors (Lipinski definition) is 1. The average Bonchev–Trinajstić information content (AvgIpc) is 2.70. The Bertz CT molecular complexity index is 742. The van der Waals surface area contributed by atoms with Gasteiger partial charge in [-0.15, -0.1) is 0 Å². The number of benzene rings is 2. The number of nitrogens with zero attached hydrogens (tertiary/aromatic N) is 1. The van der Waals surface area contributed by atoms with Crippen LogP contribution in [-0.2, 0) is 10.8 Å². The van der Waals surface area contributed by atoms with E-state index in [1.54, 1.807) is 31.2 Å². The summed E-state index contributed by atoms with van der Waals surface area (Å²) in [4.78, 5) is 2.28. The molecule has 0 aromatic heterocycles. The highest BCUT2D eigenvalue weighted by molar-refractivity contribution is 7.85. The molecule has 2 aromatic rings. The fraction of sp³-hybridized carbons (Fsp3) is 0.478. The van der Waals surface area contributed by atoms with Crippen LogP contribution >= 0.6 is 0 Å². The molecule has 3 nitrogen and oxygen atoms in total. The number of aliphatic hydroxyl groups is 1. The normalized spacial score (nSPS) is 18.1. The van der Waals surface area contributed by atoms with Crippen LogP contribution in [0.3, 0.4) is 0 Å². The van der Waals surface area contributed by atoms with Gasteiger partial charge in [-0.1, -0.05) is 24.3 Å². The van der Waals surface area contributed by atoms with Crippen molar-refractivity contribution < 1.29 is 18.1 Å². The first-order valence-electron chi connectivity index (χ1n) is 10.2. The topological polar surface area (TPSA) is 40.5 Å². The summed E-state index contributed by atoms with van der Waals surface area (Å²) >= 11 is 0. The standard InChI is InChI=1S/C23H29F2NO2S/c1-17(27)16-26-13-10-18(11-14-26)12-15-29(28)23(19-2-6-21(24)7-3-19)20-4-8-22(25)9-5-20/h2-9,17-18,23,27H,10-16H2,1H3. The maximum atomic E-state index is 13.4. The van der Waals surface area contributed by atoms with Gasteiger partial charge in [-0.05, 0) is 80.6 Å². The molecular weight excluding hydrogens is 392 g/mol. The number of halogens is 2. The van der Waals surface area contributed by atoms with E-state index in [4.69, 9.17) is 0 Å². The summed E-state index contributed by atoms with van der Waals surface area (Å²) in [5.74, 6) is 0.412. The van der Waals surface area contributed by atoms with Crippen LogP contribution in [0, 0.1) is 17.6 Å². The lowest BCUT2D eigenvalue weighted by molar-refractivity contribution is 0.0996. The van der Waals surface area contributed by atoms with Gasteiger partial charge >= 0.3 is 0 Å². The van der Waals surface area contributed by atoms with E-state index in [9.17, 15) is 18.1 Å². The molecule has 0 saturated carbocycles. The van der Waals surface area contributed by atoms with Gasteiger partial charge in [0.15, 0.2) is 0 Å². The number of likely N-dealkylation sites (tertiary alicyclic amines) is 1. The van der Waals surface area contributed by atoms with Crippen molar-refractivity contribution in [1.29, 1.82) is 0 Å². The molecule has 0 radical (unpaired) electrons. The van der Waals surface area contributed by atoms with Crippen molar-refractivity contribution in [2.75, 3.05) is 25.4 Å². The summed E-state index contributed by atoms with van der Waals surface area (Å²) in [7, 11) is -1.19. The molecule has 2 atom stereocenters. The summed E-state index contributed by atoms with van der Waals surface area (Å²) in [5, 5.41) is 9.13. The van der Waals surface area contributed by atoms with Gasteiger partial charge in [0, 0.05) is 23.1 Å². The smallest absolute Gasteiger partial charge is 0.123 e. The molecule has 0 bridgehead atoms. The van der Waals surface area contributed by atoms with Crippen LogP contribution in [0.4, 0.5) is 8.78 Å². The quantitative estimate of drug-likeness (QED) is 0.691. The first-order chi connectivity index (χ1) is 13.9. The second-order valence-corrected chi connectivity index (χ2v) is 9.59. The van der Waals surface area contributed by atoms with E-state index in [-0.39, 0.29) is 17.7 Å². The third-order valence-corrected chi connectivity index (χ3v) is 7.27. The Balaban J connectivity index is 1.64. The van der Waals surface area contributed by atoms with Crippen LogP contribution in [0.15, 0.2) is 48.5 Å². The van der Waals surface area contributed by atoms with Gasteiger partial charge in [-0.3, -0.25) is 4.21 Å². The summed E-state index contributed by atoms with van der Waals surface area (Å²) in [6.45, 7) is 4.43. The Kier molecular flexibility index (Phi) is 7.92. The SMILES string of the molecule is CC(O)CN1CCC(CCS(=O)C(c2ccc(F)cc2)c2ccc(F)cc2)CC1. The number of hydrogen-bond acceptors (Lipinski definition) is 3. The molecule has 6 heteroatoms. The second kappa shape index (κ2) is 10.4. The molecule has 1 heterocycles. The maximum absolute atomic E-state index is 13.4. The fourth-order valence-corrected chi connectivity index (χ4v) is 5.73. The lowest BCUT2D eigenvalue weighted by atomic mass is 9.94. The molecule has 158 valence electrons. The van der Waals surface area contributed by atoms with E-state index in [1.165, 1.54) is 24.3 Å². The van der Waals surface area contributed by atoms with Crippen LogP contribution in [-0.4, -0.2) is 45.7 Å². The third kappa shape index (κ3) is 6.43. The second-order valence-electron chi connectivity index (χ2n) is 7.95. The van der Waals surface area contributed by atoms with Crippen LogP contribution < -0.4 is 0 Å². The zero-order valence-corrected chi connectivity index (χ0v) is 17.6. The molecule has 2 aromatic carbocycles. The van der Waals surface area contributed by atoms with E-state index < -0.39 is 16.0 Å². The summed E-state index contributed by atoms with van der Waals surface area (Å²) in [6.07, 6.45) is 2.64. The van der Waals surface area contributed by atoms with E-state index in [1.807, 2.05) is 0 Å². The molecule has 1 saturated heterocycles. The fourth-order valence-electron chi connectivity index (χ4n) is 4.00. The first kappa shape index (κ1) is 22.1. The van der Waals surface area contributed by atoms with Crippen molar-refractivity contribution in [2.45, 2.75) is 37.5 Å². The van der Waals surface area contributed by atoms with Crippen molar-refractivity contribution in [2.24, 2.45) is 5.92 Å². The molecule has 1 aliphatic heterocycles. The van der Waals surface area contributed by atoms with Crippen molar-refractivity contribution in [3.63, 3.8) is 0 Å². The number of β-amino-alcohol motifs (C(OH)–C–C–N with tert-alkyl or cyclic N) is 1. The Morgan fingerprint density at radius 3 is 1.93 bits per heavy atom. The lowest BCUT2D eigenvalue weighted by Gasteiger charge is -2.32. The minimum absolute atomic E-state index is 0.314. The van der Waals surface area contributed by atoms with Crippen molar-refractivity contribution in [3.8, 4) is 0 Å². The van der Waals surface area contributed by atoms with Crippen LogP contribution in [0.2, 0.25) is 0 Å². The predicted molar refractivity (Wildman–Crippen MR) is 113 cm³/mol. The molecular formula is C23H29F2NO2S. The van der Waals surface area contributed by atoms with Gasteiger partial charge in [0.1, 0.15) is 11.6 Å². The lowest BCUT2D eigenvalue weighted by Crippen LogP contribution is -2.38. The monoisotopic (exact) mass is 421 g/mol. The highest BCUT2D eigenvalue weighted by Crippen LogP contribution is 2.31. The van der Waals surface area contributed by atoms with E-state index in [0.29, 0.717) is 18.2 Å². The minimum atomic E-state index is -1.19. The average molecular weight is 422 g/mol. The van der Waals surface area contributed by atoms with Crippen LogP contribution in [0.25, 0.3) is 0 Å². The summed E-state index contributed by atoms with van der Waals surface area (Å²) < 4.78 is 40.0. The highest BCUT2D eigenvalue weighted by atomic mass is 32.2. The minimum Gasteiger partial charge on any atom is -0.392 e. The van der Waals surface area contributed by atoms with E-state index >= 15 is 0 Å². The van der Waals surface area contributed by atoms with Gasteiger partial charge in [0.2, 0.25) is 0 Å². The highest BCUT2D eigenvalue weighted by Gasteiger charge is 2.25. The predicted octanol–water partition coefficient (Wildman–Crippen LogP) is 4.29. The van der Waals surface area contributed by atoms with Crippen LogP contribution in [0.1, 0.15) is 42.6 Å². The van der Waals surface area contributed by atoms with Crippen LogP contribution in [0.5, 0.6) is 0 Å². The Labute approximate surface area is 174 Å². The van der Waals surface area contributed by atoms with Gasteiger partial charge in [-0.2, -0.15) is 0 Å². The Hall–Kier alpha value is -1.63. The number of piperidine rings is 1. The number of rotatable bonds is 8. The van der Waals surface area contributed by atoms with Gasteiger partial charge in [0.05, 0.1) is 11.4 Å². The molecule has 2 unspecified atom stereocenters. The molecule has 3 rings (SSSR count). The van der Waals surface area contributed by atoms with Crippen molar-refractivity contribution in [3.05, 3.63) is 71.3 Å². The first-order valence-corrected chi connectivity index (χ1v) is 11.6. The van der Waals surface area contributed by atoms with Crippen molar-refractivity contribution >= 4 is 10.8 Å². The molecule has 0 aliphatic carbocycles. The third-order valence-electron chi connectivity index (χ3n) is 5.57. The van der Waals surface area contributed by atoms with Gasteiger partial charge in [-0.25, -0.2) is 8.78 Å². The molecule has 0 amide bonds. The summed E-state index contributed by atoms with van der Waals surface area (Å²) in [6, 6.07) is 12.2. The number of aliphatic hydroxyl groups excluding tert-OH is 1. The Morgan fingerprint density at radius 1 is 1.00 bits per heavy atom. The zero-order valence-electron chi connectivity index (χ0n) is 16.8. The maximum Gasteiger partial charge on any atom is 0.123 e. The molecule has 29 heavy (non-hydrogen) atoms. The van der Waals surface area contributed by atoms with E-state index in [2.05, 4.69) is 4.90 Å². The van der Waals surface area contributed by atoms with E-state index in [0.717, 1.165) is 43.5 Å².